The van der Waals surface area contributed by atoms with E-state index in [2.05, 4.69) is 26.1 Å². The fourth-order valence-corrected chi connectivity index (χ4v) is 3.99. The van der Waals surface area contributed by atoms with Gasteiger partial charge in [0.25, 0.3) is 0 Å². The van der Waals surface area contributed by atoms with E-state index in [1.165, 1.54) is 6.42 Å². The Morgan fingerprint density at radius 3 is 2.50 bits per heavy atom. The summed E-state index contributed by atoms with van der Waals surface area (Å²) in [5.41, 5.74) is 0.985. The molecule has 2 rings (SSSR count). The van der Waals surface area contributed by atoms with Gasteiger partial charge in [-0.25, -0.2) is 9.59 Å². The maximum atomic E-state index is 12.5. The lowest BCUT2D eigenvalue weighted by Crippen LogP contribution is -2.44. The summed E-state index contributed by atoms with van der Waals surface area (Å²) in [5, 5.41) is 3.03. The average Bonchev–Trinajstić information content (AvgIpc) is 2.61. The van der Waals surface area contributed by atoms with Crippen molar-refractivity contribution >= 4 is 6.03 Å². The molecule has 1 aromatic heterocycles. The SMILES string of the molecule is Cc1c(C(C)C)c(=O)on1C(=O)NC1CC(C)CC(C)(C)C1. The molecule has 124 valence electrons. The molecule has 5 heteroatoms. The zero-order valence-corrected chi connectivity index (χ0v) is 14.5. The molecule has 5 nitrogen and oxygen atoms in total. The van der Waals surface area contributed by atoms with Crippen LogP contribution in [0.1, 0.15) is 71.1 Å². The molecule has 1 aliphatic carbocycles. The van der Waals surface area contributed by atoms with Crippen LogP contribution in [0.15, 0.2) is 9.32 Å². The second-order valence-corrected chi connectivity index (χ2v) is 7.89. The van der Waals surface area contributed by atoms with E-state index in [9.17, 15) is 9.59 Å². The topological polar surface area (TPSA) is 64.2 Å². The van der Waals surface area contributed by atoms with Crippen LogP contribution in [0.3, 0.4) is 0 Å². The second kappa shape index (κ2) is 5.94. The zero-order chi connectivity index (χ0) is 16.7. The van der Waals surface area contributed by atoms with Gasteiger partial charge in [0.1, 0.15) is 0 Å². The van der Waals surface area contributed by atoms with E-state index in [0.29, 0.717) is 17.2 Å². The summed E-state index contributed by atoms with van der Waals surface area (Å²) in [6.07, 6.45) is 3.09. The van der Waals surface area contributed by atoms with Crippen LogP contribution < -0.4 is 10.9 Å². The molecule has 1 fully saturated rings. The smallest absolute Gasteiger partial charge is 0.332 e. The predicted molar refractivity (Wildman–Crippen MR) is 86.3 cm³/mol. The Bertz CT molecular complexity index is 610. The van der Waals surface area contributed by atoms with Gasteiger partial charge in [0.2, 0.25) is 0 Å². The summed E-state index contributed by atoms with van der Waals surface area (Å²) in [6.45, 7) is 12.3. The highest BCUT2D eigenvalue weighted by Gasteiger charge is 2.33. The standard InChI is InChI=1S/C17H28N2O3/c1-10(2)14-12(4)19(22-15(14)20)16(21)18-13-7-11(3)8-17(5,6)9-13/h10-11,13H,7-9H2,1-6H3,(H,18,21). The van der Waals surface area contributed by atoms with Gasteiger partial charge in [-0.1, -0.05) is 34.6 Å². The Morgan fingerprint density at radius 1 is 1.36 bits per heavy atom. The number of rotatable bonds is 2. The predicted octanol–water partition coefficient (Wildman–Crippen LogP) is 3.65. The summed E-state index contributed by atoms with van der Waals surface area (Å²) in [5.74, 6) is 0.622. The van der Waals surface area contributed by atoms with Crippen LogP contribution in [0.4, 0.5) is 4.79 Å². The van der Waals surface area contributed by atoms with Crippen molar-refractivity contribution in [2.45, 2.75) is 72.8 Å². The van der Waals surface area contributed by atoms with Gasteiger partial charge >= 0.3 is 11.7 Å². The van der Waals surface area contributed by atoms with Crippen molar-refractivity contribution in [1.29, 1.82) is 0 Å². The van der Waals surface area contributed by atoms with Crippen LogP contribution in [0.2, 0.25) is 0 Å². The molecule has 0 aromatic carbocycles. The minimum atomic E-state index is -0.417. The van der Waals surface area contributed by atoms with Gasteiger partial charge in [-0.15, -0.1) is 4.74 Å². The van der Waals surface area contributed by atoms with Crippen molar-refractivity contribution in [2.75, 3.05) is 0 Å². The molecule has 0 saturated heterocycles. The van der Waals surface area contributed by atoms with Crippen molar-refractivity contribution in [3.63, 3.8) is 0 Å². The van der Waals surface area contributed by atoms with Crippen molar-refractivity contribution in [3.05, 3.63) is 21.7 Å². The van der Waals surface area contributed by atoms with Gasteiger partial charge in [0.05, 0.1) is 11.3 Å². The first kappa shape index (κ1) is 16.8. The largest absolute Gasteiger partial charge is 0.361 e. The van der Waals surface area contributed by atoms with E-state index >= 15 is 0 Å². The lowest BCUT2D eigenvalue weighted by Gasteiger charge is -2.39. The van der Waals surface area contributed by atoms with Crippen molar-refractivity contribution in [2.24, 2.45) is 11.3 Å². The number of carbonyl (C=O) groups is 1. The van der Waals surface area contributed by atoms with E-state index in [0.717, 1.165) is 17.6 Å². The lowest BCUT2D eigenvalue weighted by atomic mass is 9.71. The Hall–Kier alpha value is -1.52. The van der Waals surface area contributed by atoms with Crippen LogP contribution in [-0.4, -0.2) is 16.8 Å². The molecule has 1 saturated carbocycles. The number of amides is 1. The third-order valence-electron chi connectivity index (χ3n) is 4.56. The zero-order valence-electron chi connectivity index (χ0n) is 14.5. The molecule has 0 aliphatic heterocycles. The average molecular weight is 308 g/mol. The van der Waals surface area contributed by atoms with Gasteiger partial charge in [0.15, 0.2) is 0 Å². The molecule has 1 N–H and O–H groups in total. The van der Waals surface area contributed by atoms with E-state index < -0.39 is 5.63 Å². The first-order valence-electron chi connectivity index (χ1n) is 8.14. The third-order valence-corrected chi connectivity index (χ3v) is 4.56. The highest BCUT2D eigenvalue weighted by atomic mass is 16.5. The molecule has 0 bridgehead atoms. The Labute approximate surface area is 132 Å². The van der Waals surface area contributed by atoms with Gasteiger partial charge < -0.3 is 9.84 Å². The van der Waals surface area contributed by atoms with Crippen LogP contribution >= 0.6 is 0 Å². The van der Waals surface area contributed by atoms with Gasteiger partial charge in [0, 0.05) is 6.04 Å². The lowest BCUT2D eigenvalue weighted by molar-refractivity contribution is 0.146. The summed E-state index contributed by atoms with van der Waals surface area (Å²) < 4.78 is 6.25. The highest BCUT2D eigenvalue weighted by Crippen LogP contribution is 2.38. The number of carbonyl (C=O) groups excluding carboxylic acids is 1. The summed E-state index contributed by atoms with van der Waals surface area (Å²) in [6, 6.07) is -0.211. The van der Waals surface area contributed by atoms with Crippen LogP contribution in [-0.2, 0) is 0 Å². The van der Waals surface area contributed by atoms with Gasteiger partial charge in [-0.2, -0.15) is 0 Å². The number of nitrogens with one attached hydrogen (secondary N) is 1. The van der Waals surface area contributed by atoms with E-state index in [-0.39, 0.29) is 23.4 Å². The Balaban J connectivity index is 2.16. The van der Waals surface area contributed by atoms with E-state index in [1.54, 1.807) is 6.92 Å². The third kappa shape index (κ3) is 3.45. The number of hydrogen-bond acceptors (Lipinski definition) is 3. The molecule has 1 heterocycles. The molecule has 2 atom stereocenters. The molecule has 0 radical (unpaired) electrons. The van der Waals surface area contributed by atoms with Crippen molar-refractivity contribution < 1.29 is 9.32 Å². The first-order valence-corrected chi connectivity index (χ1v) is 8.14. The number of aromatic nitrogens is 1. The minimum absolute atomic E-state index is 0.0407. The molecule has 1 amide bonds. The molecule has 1 aliphatic rings. The maximum absolute atomic E-state index is 12.5. The molecule has 22 heavy (non-hydrogen) atoms. The molecular weight excluding hydrogens is 280 g/mol. The molecular formula is C17H28N2O3. The maximum Gasteiger partial charge on any atom is 0.361 e. The Kier molecular flexibility index (Phi) is 4.54. The number of hydrogen-bond donors (Lipinski definition) is 1. The molecule has 2 unspecified atom stereocenters. The van der Waals surface area contributed by atoms with E-state index in [4.69, 9.17) is 4.52 Å². The number of nitrogens with zero attached hydrogens (tertiary/aromatic N) is 1. The van der Waals surface area contributed by atoms with Crippen molar-refractivity contribution in [1.82, 2.24) is 10.1 Å². The highest BCUT2D eigenvalue weighted by molar-refractivity contribution is 5.76. The summed E-state index contributed by atoms with van der Waals surface area (Å²) in [7, 11) is 0. The van der Waals surface area contributed by atoms with Crippen LogP contribution in [0.5, 0.6) is 0 Å². The Morgan fingerprint density at radius 2 is 2.00 bits per heavy atom. The van der Waals surface area contributed by atoms with Crippen LogP contribution in [0.25, 0.3) is 0 Å². The first-order chi connectivity index (χ1) is 10.1. The summed E-state index contributed by atoms with van der Waals surface area (Å²) in [4.78, 5) is 24.3. The van der Waals surface area contributed by atoms with Gasteiger partial charge in [-0.05, 0) is 43.4 Å². The fourth-order valence-electron chi connectivity index (χ4n) is 3.99. The normalized spacial score (nSPS) is 24.5. The van der Waals surface area contributed by atoms with Crippen molar-refractivity contribution in [3.8, 4) is 0 Å². The monoisotopic (exact) mass is 308 g/mol. The fraction of sp³-hybridized carbons (Fsp3) is 0.765. The quantitative estimate of drug-likeness (QED) is 0.907. The van der Waals surface area contributed by atoms with E-state index in [1.807, 2.05) is 13.8 Å². The van der Waals surface area contributed by atoms with Gasteiger partial charge in [-0.3, -0.25) is 0 Å². The summed E-state index contributed by atoms with van der Waals surface area (Å²) >= 11 is 0. The minimum Gasteiger partial charge on any atom is -0.332 e. The molecule has 0 spiro atoms. The van der Waals surface area contributed by atoms with Crippen LogP contribution in [0, 0.1) is 18.3 Å². The molecule has 1 aromatic rings. The second-order valence-electron chi connectivity index (χ2n) is 7.89.